The second-order valence-corrected chi connectivity index (χ2v) is 2.71. The second kappa shape index (κ2) is 4.77. The molecule has 0 aromatic carbocycles. The number of nitrogens with one attached hydrogen (secondary N) is 1. The largest absolute Gasteiger partial charge is 0.870 e. The lowest BCUT2D eigenvalue weighted by atomic mass is 10.4. The first-order valence-corrected chi connectivity index (χ1v) is 3.77. The van der Waals surface area contributed by atoms with Crippen LogP contribution in [0.5, 0.6) is 0 Å². The van der Waals surface area contributed by atoms with E-state index in [1.165, 1.54) is 38.9 Å². The molecule has 0 aliphatic carbocycles. The minimum atomic E-state index is 0. The molecule has 2 heteroatoms. The van der Waals surface area contributed by atoms with Crippen LogP contribution in [0.2, 0.25) is 0 Å². The van der Waals surface area contributed by atoms with Crippen LogP contribution < -0.4 is 4.90 Å². The van der Waals surface area contributed by atoms with Crippen LogP contribution in [-0.4, -0.2) is 25.1 Å². The summed E-state index contributed by atoms with van der Waals surface area (Å²) in [7, 11) is 0. The van der Waals surface area contributed by atoms with Gasteiger partial charge in [0.15, 0.2) is 0 Å². The molecular weight excluding hydrogens is 114 g/mol. The van der Waals surface area contributed by atoms with Gasteiger partial charge in [0.05, 0.1) is 19.6 Å². The molecule has 1 heterocycles. The normalized spacial score (nSPS) is 19.7. The first kappa shape index (κ1) is 8.92. The molecule has 0 saturated carbocycles. The van der Waals surface area contributed by atoms with Crippen molar-refractivity contribution >= 4 is 0 Å². The van der Waals surface area contributed by atoms with Crippen LogP contribution in [0.3, 0.4) is 0 Å². The molecule has 0 radical (unpaired) electrons. The van der Waals surface area contributed by atoms with E-state index in [4.69, 9.17) is 0 Å². The van der Waals surface area contributed by atoms with E-state index in [1.807, 2.05) is 4.90 Å². The third kappa shape index (κ3) is 2.82. The molecule has 1 rings (SSSR count). The van der Waals surface area contributed by atoms with Gasteiger partial charge in [-0.3, -0.25) is 0 Å². The molecule has 0 amide bonds. The first-order valence-electron chi connectivity index (χ1n) is 3.77. The lowest BCUT2D eigenvalue weighted by Gasteiger charge is -2.08. The molecule has 1 fully saturated rings. The minimum Gasteiger partial charge on any atom is -0.870 e. The molecular formula is C7H17NO. The van der Waals surface area contributed by atoms with Gasteiger partial charge in [0, 0.05) is 12.8 Å². The maximum atomic E-state index is 2.27. The van der Waals surface area contributed by atoms with E-state index in [1.54, 1.807) is 0 Å². The number of quaternary nitrogens is 1. The molecule has 56 valence electrons. The van der Waals surface area contributed by atoms with Crippen molar-refractivity contribution in [1.29, 1.82) is 0 Å². The van der Waals surface area contributed by atoms with Crippen molar-refractivity contribution in [2.75, 3.05) is 19.6 Å². The van der Waals surface area contributed by atoms with Crippen LogP contribution in [0.4, 0.5) is 0 Å². The maximum Gasteiger partial charge on any atom is 0.0773 e. The summed E-state index contributed by atoms with van der Waals surface area (Å²) in [6.07, 6.45) is 4.29. The van der Waals surface area contributed by atoms with Crippen molar-refractivity contribution in [3.8, 4) is 0 Å². The Bertz CT molecular complexity index is 59.9. The molecule has 0 aromatic heterocycles. The average molecular weight is 131 g/mol. The highest BCUT2D eigenvalue weighted by molar-refractivity contribution is 4.43. The Hall–Kier alpha value is -0.0800. The fourth-order valence-corrected chi connectivity index (χ4v) is 1.48. The summed E-state index contributed by atoms with van der Waals surface area (Å²) >= 11 is 0. The standard InChI is InChI=1S/C7H15N.H2O/c1-2-5-8-6-3-4-7-8;/h2-7H2,1H3;1H2. The lowest BCUT2D eigenvalue weighted by Crippen LogP contribution is -3.09. The van der Waals surface area contributed by atoms with Crippen LogP contribution in [0, 0.1) is 0 Å². The molecule has 1 saturated heterocycles. The fourth-order valence-electron chi connectivity index (χ4n) is 1.48. The summed E-state index contributed by atoms with van der Waals surface area (Å²) in [5.41, 5.74) is 0. The molecule has 0 atom stereocenters. The highest BCUT2D eigenvalue weighted by Crippen LogP contribution is 1.87. The average Bonchev–Trinajstić information content (AvgIpc) is 2.19. The van der Waals surface area contributed by atoms with Crippen LogP contribution in [0.25, 0.3) is 0 Å². The third-order valence-corrected chi connectivity index (χ3v) is 1.91. The van der Waals surface area contributed by atoms with E-state index in [2.05, 4.69) is 6.92 Å². The van der Waals surface area contributed by atoms with E-state index in [0.29, 0.717) is 0 Å². The van der Waals surface area contributed by atoms with E-state index >= 15 is 0 Å². The zero-order valence-corrected chi connectivity index (χ0v) is 6.19. The van der Waals surface area contributed by atoms with E-state index < -0.39 is 0 Å². The summed E-state index contributed by atoms with van der Waals surface area (Å²) in [5, 5.41) is 0. The monoisotopic (exact) mass is 131 g/mol. The zero-order chi connectivity index (χ0) is 5.82. The molecule has 1 aliphatic rings. The van der Waals surface area contributed by atoms with Gasteiger partial charge in [-0.05, 0) is 6.42 Å². The van der Waals surface area contributed by atoms with Gasteiger partial charge >= 0.3 is 0 Å². The van der Waals surface area contributed by atoms with Gasteiger partial charge in [-0.1, -0.05) is 6.92 Å². The van der Waals surface area contributed by atoms with Gasteiger partial charge in [-0.15, -0.1) is 0 Å². The molecule has 2 N–H and O–H groups in total. The summed E-state index contributed by atoms with van der Waals surface area (Å²) < 4.78 is 0. The number of likely N-dealkylation sites (tertiary alicyclic amines) is 1. The Morgan fingerprint density at radius 3 is 2.22 bits per heavy atom. The summed E-state index contributed by atoms with van der Waals surface area (Å²) in [5.74, 6) is 0. The van der Waals surface area contributed by atoms with Crippen LogP contribution >= 0.6 is 0 Å². The van der Waals surface area contributed by atoms with E-state index in [0.717, 1.165) is 0 Å². The van der Waals surface area contributed by atoms with Crippen molar-refractivity contribution in [2.24, 2.45) is 0 Å². The number of hydrogen-bond donors (Lipinski definition) is 1. The van der Waals surface area contributed by atoms with Gasteiger partial charge in [0.2, 0.25) is 0 Å². The molecule has 0 aromatic rings. The number of rotatable bonds is 2. The minimum absolute atomic E-state index is 0. The lowest BCUT2D eigenvalue weighted by molar-refractivity contribution is -0.887. The van der Waals surface area contributed by atoms with Gasteiger partial charge in [0.1, 0.15) is 0 Å². The Morgan fingerprint density at radius 2 is 1.78 bits per heavy atom. The third-order valence-electron chi connectivity index (χ3n) is 1.91. The summed E-state index contributed by atoms with van der Waals surface area (Å²) in [6.45, 7) is 6.55. The highest BCUT2D eigenvalue weighted by Gasteiger charge is 2.12. The van der Waals surface area contributed by atoms with Crippen molar-refractivity contribution in [1.82, 2.24) is 0 Å². The first-order chi connectivity index (χ1) is 3.93. The molecule has 1 aliphatic heterocycles. The summed E-state index contributed by atoms with van der Waals surface area (Å²) in [6, 6.07) is 0. The van der Waals surface area contributed by atoms with Crippen molar-refractivity contribution in [3.63, 3.8) is 0 Å². The predicted octanol–water partition coefficient (Wildman–Crippen LogP) is -0.102. The summed E-state index contributed by atoms with van der Waals surface area (Å²) in [4.78, 5) is 1.83. The van der Waals surface area contributed by atoms with Gasteiger partial charge in [0.25, 0.3) is 0 Å². The predicted molar refractivity (Wildman–Crippen MR) is 37.0 cm³/mol. The topological polar surface area (TPSA) is 34.4 Å². The molecule has 2 nitrogen and oxygen atoms in total. The smallest absolute Gasteiger partial charge is 0.0773 e. The van der Waals surface area contributed by atoms with Crippen LogP contribution in [0.1, 0.15) is 26.2 Å². The van der Waals surface area contributed by atoms with Gasteiger partial charge < -0.3 is 10.4 Å². The Labute approximate surface area is 57.2 Å². The van der Waals surface area contributed by atoms with Gasteiger partial charge in [-0.25, -0.2) is 0 Å². The Balaban J connectivity index is 0.000000640. The Kier molecular flexibility index (Phi) is 4.72. The fraction of sp³-hybridized carbons (Fsp3) is 1.00. The van der Waals surface area contributed by atoms with Crippen molar-refractivity contribution in [3.05, 3.63) is 0 Å². The van der Waals surface area contributed by atoms with Crippen molar-refractivity contribution in [2.45, 2.75) is 26.2 Å². The molecule has 0 bridgehead atoms. The van der Waals surface area contributed by atoms with Crippen LogP contribution in [-0.2, 0) is 0 Å². The second-order valence-electron chi connectivity index (χ2n) is 2.71. The molecule has 9 heavy (non-hydrogen) atoms. The molecule has 0 spiro atoms. The van der Waals surface area contributed by atoms with E-state index in [9.17, 15) is 0 Å². The maximum absolute atomic E-state index is 2.27. The quantitative estimate of drug-likeness (QED) is 0.558. The highest BCUT2D eigenvalue weighted by atomic mass is 16.0. The number of hydrogen-bond acceptors (Lipinski definition) is 1. The zero-order valence-electron chi connectivity index (χ0n) is 6.19. The van der Waals surface area contributed by atoms with Crippen molar-refractivity contribution < 1.29 is 10.4 Å². The molecule has 0 unspecified atom stereocenters. The Morgan fingerprint density at radius 1 is 1.22 bits per heavy atom. The van der Waals surface area contributed by atoms with Crippen LogP contribution in [0.15, 0.2) is 0 Å². The SMILES string of the molecule is CCC[NH+]1CCCC1.[OH-]. The van der Waals surface area contributed by atoms with E-state index in [-0.39, 0.29) is 5.48 Å². The van der Waals surface area contributed by atoms with Gasteiger partial charge in [-0.2, -0.15) is 0 Å².